The minimum absolute atomic E-state index is 0.0461. The first-order valence-corrected chi connectivity index (χ1v) is 9.44. The molecule has 0 atom stereocenters. The number of hydroxylamine groups is 1. The highest BCUT2D eigenvalue weighted by molar-refractivity contribution is 7.17. The predicted molar refractivity (Wildman–Crippen MR) is 100 cm³/mol. The van der Waals surface area contributed by atoms with Gasteiger partial charge in [0.2, 0.25) is 0 Å². The number of nitrogens with zero attached hydrogens (tertiary/aromatic N) is 1. The number of carbonyl (C=O) groups is 2. The molecule has 0 spiro atoms. The third kappa shape index (κ3) is 4.42. The summed E-state index contributed by atoms with van der Waals surface area (Å²) < 4.78 is 5.72. The summed E-state index contributed by atoms with van der Waals surface area (Å²) in [5, 5.41) is 0. The van der Waals surface area contributed by atoms with Gasteiger partial charge in [0.15, 0.2) is 6.61 Å². The predicted octanol–water partition coefficient (Wildman–Crippen LogP) is 3.10. The molecule has 26 heavy (non-hydrogen) atoms. The lowest BCUT2D eigenvalue weighted by Gasteiger charge is -2.26. The highest BCUT2D eigenvalue weighted by Crippen LogP contribution is 2.36. The van der Waals surface area contributed by atoms with Gasteiger partial charge in [0.05, 0.1) is 7.11 Å². The molecule has 0 unspecified atom stereocenters. The molecular weight excluding hydrogens is 352 g/mol. The van der Waals surface area contributed by atoms with E-state index < -0.39 is 0 Å². The zero-order valence-corrected chi connectivity index (χ0v) is 15.5. The maximum atomic E-state index is 12.3. The lowest BCUT2D eigenvalue weighted by Crippen LogP contribution is -2.38. The molecule has 1 saturated heterocycles. The van der Waals surface area contributed by atoms with E-state index in [-0.39, 0.29) is 18.4 Å². The van der Waals surface area contributed by atoms with Crippen molar-refractivity contribution in [1.29, 1.82) is 0 Å². The highest BCUT2D eigenvalue weighted by atomic mass is 32.1. The van der Waals surface area contributed by atoms with Crippen LogP contribution < -0.4 is 10.2 Å². The van der Waals surface area contributed by atoms with E-state index in [0.29, 0.717) is 10.6 Å². The fourth-order valence-electron chi connectivity index (χ4n) is 2.90. The van der Waals surface area contributed by atoms with Gasteiger partial charge in [0.1, 0.15) is 10.6 Å². The second-order valence-electron chi connectivity index (χ2n) is 6.04. The molecule has 1 N–H and O–H groups in total. The Morgan fingerprint density at radius 2 is 1.88 bits per heavy atom. The molecule has 2 amide bonds. The average Bonchev–Trinajstić information content (AvgIpc) is 3.12. The van der Waals surface area contributed by atoms with Crippen molar-refractivity contribution in [2.45, 2.75) is 19.3 Å². The second-order valence-corrected chi connectivity index (χ2v) is 7.09. The van der Waals surface area contributed by atoms with Crippen LogP contribution in [0.2, 0.25) is 0 Å². The van der Waals surface area contributed by atoms with E-state index in [2.05, 4.69) is 5.48 Å². The quantitative estimate of drug-likeness (QED) is 0.789. The van der Waals surface area contributed by atoms with Gasteiger partial charge in [0.25, 0.3) is 11.8 Å². The Morgan fingerprint density at radius 3 is 2.58 bits per heavy atom. The molecule has 0 bridgehead atoms. The van der Waals surface area contributed by atoms with Gasteiger partial charge in [-0.1, -0.05) is 30.3 Å². The van der Waals surface area contributed by atoms with Crippen molar-refractivity contribution < 1.29 is 19.2 Å². The number of thiophene rings is 1. The molecule has 3 rings (SSSR count). The molecule has 1 fully saturated rings. The summed E-state index contributed by atoms with van der Waals surface area (Å²) in [5.74, 6) is -0.0378. The summed E-state index contributed by atoms with van der Waals surface area (Å²) in [4.78, 5) is 32.4. The molecule has 2 heterocycles. The number of nitrogens with one attached hydrogen (secondary N) is 1. The maximum absolute atomic E-state index is 12.3. The number of rotatable bonds is 6. The number of piperidine rings is 1. The molecule has 0 saturated carbocycles. The van der Waals surface area contributed by atoms with Crippen molar-refractivity contribution in [3.05, 3.63) is 41.3 Å². The number of likely N-dealkylation sites (tertiary alicyclic amines) is 1. The van der Waals surface area contributed by atoms with Crippen molar-refractivity contribution in [3.8, 4) is 16.2 Å². The lowest BCUT2D eigenvalue weighted by molar-refractivity contribution is -0.134. The molecule has 1 aromatic carbocycles. The molecular formula is C19H22N2O4S. The Labute approximate surface area is 156 Å². The summed E-state index contributed by atoms with van der Waals surface area (Å²) in [6.07, 6.45) is 3.23. The molecule has 1 aromatic heterocycles. The van der Waals surface area contributed by atoms with Gasteiger partial charge < -0.3 is 9.64 Å². The zero-order chi connectivity index (χ0) is 18.4. The lowest BCUT2D eigenvalue weighted by atomic mass is 10.1. The fraction of sp³-hybridized carbons (Fsp3) is 0.368. The third-order valence-electron chi connectivity index (χ3n) is 4.22. The van der Waals surface area contributed by atoms with Crippen molar-refractivity contribution in [3.63, 3.8) is 0 Å². The fourth-order valence-corrected chi connectivity index (χ4v) is 3.89. The molecule has 138 valence electrons. The van der Waals surface area contributed by atoms with E-state index in [9.17, 15) is 9.59 Å². The number of carbonyl (C=O) groups excluding carboxylic acids is 2. The minimum atomic E-state index is -0.389. The van der Waals surface area contributed by atoms with Crippen LogP contribution in [0.5, 0.6) is 5.75 Å². The standard InChI is InChI=1S/C19H22N2O4S/c1-24-20-19(23)18-15(12-16(26-18)14-8-4-2-5-9-14)25-13-17(22)21-10-6-3-7-11-21/h2,4-5,8-9,12H,3,6-7,10-11,13H2,1H3,(H,20,23). The zero-order valence-electron chi connectivity index (χ0n) is 14.7. The second kappa shape index (κ2) is 8.82. The molecule has 6 nitrogen and oxygen atoms in total. The smallest absolute Gasteiger partial charge is 0.288 e. The molecule has 1 aliphatic rings. The summed E-state index contributed by atoms with van der Waals surface area (Å²) in [6, 6.07) is 11.5. The topological polar surface area (TPSA) is 67.9 Å². The van der Waals surface area contributed by atoms with E-state index in [4.69, 9.17) is 9.57 Å². The SMILES string of the molecule is CONC(=O)c1sc(-c2ccccc2)cc1OCC(=O)N1CCCCC1. The van der Waals surface area contributed by atoms with E-state index in [1.54, 1.807) is 6.07 Å². The largest absolute Gasteiger partial charge is 0.482 e. The Bertz CT molecular complexity index is 754. The number of hydrogen-bond donors (Lipinski definition) is 1. The van der Waals surface area contributed by atoms with E-state index in [1.807, 2.05) is 35.2 Å². The van der Waals surface area contributed by atoms with Crippen LogP contribution in [-0.4, -0.2) is 43.5 Å². The van der Waals surface area contributed by atoms with E-state index >= 15 is 0 Å². The van der Waals surface area contributed by atoms with Gasteiger partial charge in [0, 0.05) is 18.0 Å². The van der Waals surface area contributed by atoms with Crippen LogP contribution in [-0.2, 0) is 9.63 Å². The van der Waals surface area contributed by atoms with Crippen LogP contribution >= 0.6 is 11.3 Å². The van der Waals surface area contributed by atoms with Crippen LogP contribution in [0.3, 0.4) is 0 Å². The van der Waals surface area contributed by atoms with Gasteiger partial charge in [-0.05, 0) is 30.9 Å². The Morgan fingerprint density at radius 1 is 1.15 bits per heavy atom. The van der Waals surface area contributed by atoms with E-state index in [0.717, 1.165) is 42.8 Å². The van der Waals surface area contributed by atoms with Gasteiger partial charge in [-0.15, -0.1) is 11.3 Å². The number of amides is 2. The van der Waals surface area contributed by atoms with Crippen molar-refractivity contribution >= 4 is 23.2 Å². The summed E-state index contributed by atoms with van der Waals surface area (Å²) in [6.45, 7) is 1.48. The van der Waals surface area contributed by atoms with Gasteiger partial charge >= 0.3 is 0 Å². The normalized spacial score (nSPS) is 14.1. The van der Waals surface area contributed by atoms with Crippen LogP contribution in [0.25, 0.3) is 10.4 Å². The molecule has 0 aliphatic carbocycles. The minimum Gasteiger partial charge on any atom is -0.482 e. The first-order chi connectivity index (χ1) is 12.7. The van der Waals surface area contributed by atoms with Gasteiger partial charge in [-0.3, -0.25) is 14.4 Å². The van der Waals surface area contributed by atoms with Crippen LogP contribution in [0.15, 0.2) is 36.4 Å². The first kappa shape index (κ1) is 18.4. The summed E-state index contributed by atoms with van der Waals surface area (Å²) >= 11 is 1.31. The average molecular weight is 374 g/mol. The third-order valence-corrected chi connectivity index (χ3v) is 5.38. The van der Waals surface area contributed by atoms with Crippen molar-refractivity contribution in [1.82, 2.24) is 10.4 Å². The molecule has 2 aromatic rings. The van der Waals surface area contributed by atoms with Gasteiger partial charge in [-0.25, -0.2) is 5.48 Å². The highest BCUT2D eigenvalue weighted by Gasteiger charge is 2.21. The first-order valence-electron chi connectivity index (χ1n) is 8.62. The molecule has 0 radical (unpaired) electrons. The number of hydrogen-bond acceptors (Lipinski definition) is 5. The Hall–Kier alpha value is -2.38. The summed E-state index contributed by atoms with van der Waals surface area (Å²) in [5.41, 5.74) is 3.30. The molecule has 7 heteroatoms. The van der Waals surface area contributed by atoms with Crippen LogP contribution in [0.4, 0.5) is 0 Å². The van der Waals surface area contributed by atoms with Crippen LogP contribution in [0, 0.1) is 0 Å². The Kier molecular flexibility index (Phi) is 6.25. The maximum Gasteiger partial charge on any atom is 0.288 e. The molecule has 1 aliphatic heterocycles. The Balaban J connectivity index is 1.76. The number of ether oxygens (including phenoxy) is 1. The number of benzene rings is 1. The monoisotopic (exact) mass is 374 g/mol. The van der Waals surface area contributed by atoms with Gasteiger partial charge in [-0.2, -0.15) is 0 Å². The van der Waals surface area contributed by atoms with Crippen molar-refractivity contribution in [2.75, 3.05) is 26.8 Å². The van der Waals surface area contributed by atoms with E-state index in [1.165, 1.54) is 18.4 Å². The summed E-state index contributed by atoms with van der Waals surface area (Å²) in [7, 11) is 1.38. The van der Waals surface area contributed by atoms with Crippen molar-refractivity contribution in [2.24, 2.45) is 0 Å². The van der Waals surface area contributed by atoms with Crippen LogP contribution in [0.1, 0.15) is 28.9 Å².